The van der Waals surface area contributed by atoms with E-state index < -0.39 is 63.9 Å². The van der Waals surface area contributed by atoms with Crippen LogP contribution in [0.2, 0.25) is 0 Å². The van der Waals surface area contributed by atoms with Crippen LogP contribution >= 0.6 is 0 Å². The summed E-state index contributed by atoms with van der Waals surface area (Å²) in [5.74, 6) is -2.23. The van der Waals surface area contributed by atoms with E-state index in [9.17, 15) is 24.3 Å². The van der Waals surface area contributed by atoms with Gasteiger partial charge in [-0.2, -0.15) is 0 Å². The van der Waals surface area contributed by atoms with Crippen molar-refractivity contribution >= 4 is 46.4 Å². The first-order valence-electron chi connectivity index (χ1n) is 24.6. The molecule has 10 rings (SSSR count). The van der Waals surface area contributed by atoms with Crippen LogP contribution in [0.15, 0.2) is 60.3 Å². The fourth-order valence-electron chi connectivity index (χ4n) is 15.3. The molecule has 1 saturated carbocycles. The number of likely N-dealkylation sites (N-methyl/N-ethyl adjacent to an activating group) is 1. The van der Waals surface area contributed by atoms with Crippen LogP contribution in [0, 0.1) is 11.3 Å². The molecular formula is C53H66N5O11+. The van der Waals surface area contributed by atoms with Crippen molar-refractivity contribution in [1.82, 2.24) is 14.8 Å². The van der Waals surface area contributed by atoms with E-state index in [0.717, 1.165) is 28.5 Å². The van der Waals surface area contributed by atoms with Crippen molar-refractivity contribution < 1.29 is 57.2 Å². The van der Waals surface area contributed by atoms with Gasteiger partial charge < -0.3 is 43.6 Å². The lowest BCUT2D eigenvalue weighted by Gasteiger charge is -2.63. The van der Waals surface area contributed by atoms with Crippen LogP contribution in [-0.2, 0) is 60.3 Å². The van der Waals surface area contributed by atoms with Crippen LogP contribution in [0.5, 0.6) is 5.75 Å². The minimum Gasteiger partial charge on any atom is -0.496 e. The Balaban J connectivity index is 1.22. The number of methoxy groups -OCH3 is 4. The number of para-hydroxylation sites is 1. The SMILES string of the molecule is CCC1=C[N+]2(CC(=O)N3CCC[C@H]3C(=O)OC)Cc3c([nH]c4ccccc34)[C@@](C(=O)OC)(c3cc4c(cc3OC)N(C)C3[C@]45CCN4CC=C[C@@](CC)([C@@H](OC(C)=O)[C@]3(O)C(=O)OC)[C@H]45)CC(C1)C2. The van der Waals surface area contributed by atoms with Gasteiger partial charge in [0.1, 0.15) is 23.8 Å². The highest BCUT2D eigenvalue weighted by Crippen LogP contribution is 2.68. The molecule has 7 aliphatic rings. The van der Waals surface area contributed by atoms with Crippen LogP contribution in [0.1, 0.15) is 88.1 Å². The van der Waals surface area contributed by atoms with Gasteiger partial charge in [0.25, 0.3) is 5.91 Å². The molecule has 10 atom stereocenters. The number of amides is 1. The molecule has 3 fully saturated rings. The Hall–Kier alpha value is -5.71. The highest BCUT2D eigenvalue weighted by Gasteiger charge is 2.80. The third-order valence-electron chi connectivity index (χ3n) is 17.6. The molecule has 368 valence electrons. The number of esters is 4. The molecule has 69 heavy (non-hydrogen) atoms. The number of hydrogen-bond acceptors (Lipinski definition) is 13. The molecule has 1 aliphatic carbocycles. The molecule has 2 saturated heterocycles. The van der Waals surface area contributed by atoms with E-state index in [0.29, 0.717) is 98.4 Å². The zero-order valence-corrected chi connectivity index (χ0v) is 41.1. The number of quaternary nitrogens is 1. The van der Waals surface area contributed by atoms with E-state index in [1.54, 1.807) is 12.0 Å². The van der Waals surface area contributed by atoms with Crippen LogP contribution in [0.25, 0.3) is 10.9 Å². The molecule has 1 amide bonds. The Bertz CT molecular complexity index is 2710. The summed E-state index contributed by atoms with van der Waals surface area (Å²) in [6.45, 7) is 8.18. The Morgan fingerprint density at radius 2 is 1.72 bits per heavy atom. The van der Waals surface area contributed by atoms with E-state index in [4.69, 9.17) is 23.7 Å². The predicted molar refractivity (Wildman–Crippen MR) is 254 cm³/mol. The number of anilines is 1. The number of likely N-dealkylation sites (tertiary alicyclic amines) is 1. The van der Waals surface area contributed by atoms with Crippen molar-refractivity contribution in [2.45, 2.75) is 113 Å². The lowest BCUT2D eigenvalue weighted by Crippen LogP contribution is -2.81. The number of H-pyrrole nitrogens is 1. The van der Waals surface area contributed by atoms with E-state index in [1.807, 2.05) is 61.4 Å². The maximum atomic E-state index is 15.6. The number of rotatable bonds is 10. The number of nitrogens with zero attached hydrogens (tertiary/aromatic N) is 4. The second-order valence-electron chi connectivity index (χ2n) is 20.8. The molecule has 3 unspecified atom stereocenters. The summed E-state index contributed by atoms with van der Waals surface area (Å²) in [5, 5.41) is 14.4. The van der Waals surface area contributed by atoms with Crippen LogP contribution in [0.4, 0.5) is 5.69 Å². The normalized spacial score (nSPS) is 34.1. The zero-order valence-electron chi connectivity index (χ0n) is 41.1. The lowest BCUT2D eigenvalue weighted by atomic mass is 9.47. The number of nitrogens with one attached hydrogen (secondary N) is 1. The van der Waals surface area contributed by atoms with Crippen LogP contribution in [-0.4, -0.2) is 152 Å². The first-order valence-corrected chi connectivity index (χ1v) is 24.6. The zero-order chi connectivity index (χ0) is 49.0. The maximum Gasteiger partial charge on any atom is 0.344 e. The van der Waals surface area contributed by atoms with Gasteiger partial charge in [0.15, 0.2) is 12.6 Å². The maximum absolute atomic E-state index is 15.6. The van der Waals surface area contributed by atoms with Crippen molar-refractivity contribution in [2.75, 3.05) is 73.1 Å². The Labute approximate surface area is 403 Å². The highest BCUT2D eigenvalue weighted by molar-refractivity contribution is 5.95. The van der Waals surface area contributed by atoms with Gasteiger partial charge in [-0.3, -0.25) is 23.8 Å². The van der Waals surface area contributed by atoms with Gasteiger partial charge in [0, 0.05) is 89.3 Å². The number of fused-ring (bicyclic) bond motifs is 6. The molecule has 16 heteroatoms. The summed E-state index contributed by atoms with van der Waals surface area (Å²) in [4.78, 5) is 80.7. The smallest absolute Gasteiger partial charge is 0.344 e. The van der Waals surface area contributed by atoms with Gasteiger partial charge in [-0.1, -0.05) is 44.2 Å². The van der Waals surface area contributed by atoms with Gasteiger partial charge in [-0.05, 0) is 74.8 Å². The number of allylic oxidation sites excluding steroid dienone is 1. The second-order valence-corrected chi connectivity index (χ2v) is 20.8. The van der Waals surface area contributed by atoms with Crippen LogP contribution in [0.3, 0.4) is 0 Å². The monoisotopic (exact) mass is 948 g/mol. The molecule has 1 spiro atoms. The summed E-state index contributed by atoms with van der Waals surface area (Å²) in [6.07, 6.45) is 9.00. The number of aromatic amines is 1. The summed E-state index contributed by atoms with van der Waals surface area (Å²) < 4.78 is 29.6. The number of aliphatic hydroxyl groups is 1. The van der Waals surface area contributed by atoms with E-state index in [-0.39, 0.29) is 24.4 Å². The minimum atomic E-state index is -2.34. The number of carbonyl (C=O) groups is 5. The molecule has 16 nitrogen and oxygen atoms in total. The largest absolute Gasteiger partial charge is 0.496 e. The van der Waals surface area contributed by atoms with E-state index in [2.05, 4.69) is 29.1 Å². The van der Waals surface area contributed by atoms with Crippen molar-refractivity contribution in [3.05, 3.63) is 82.7 Å². The molecule has 1 aromatic heterocycles. The lowest BCUT2D eigenvalue weighted by molar-refractivity contribution is -0.891. The van der Waals surface area contributed by atoms with Crippen molar-refractivity contribution in [1.29, 1.82) is 0 Å². The Morgan fingerprint density at radius 3 is 2.42 bits per heavy atom. The van der Waals surface area contributed by atoms with E-state index in [1.165, 1.54) is 33.8 Å². The summed E-state index contributed by atoms with van der Waals surface area (Å²) >= 11 is 0. The molecular weight excluding hydrogens is 883 g/mol. The van der Waals surface area contributed by atoms with Crippen molar-refractivity contribution in [3.8, 4) is 5.75 Å². The molecule has 2 N–H and O–H groups in total. The Morgan fingerprint density at radius 1 is 0.957 bits per heavy atom. The number of carbonyl (C=O) groups excluding carboxylic acids is 5. The van der Waals surface area contributed by atoms with Gasteiger partial charge in [0.05, 0.1) is 47.2 Å². The first-order chi connectivity index (χ1) is 33.1. The number of ether oxygens (including phenoxy) is 5. The van der Waals surface area contributed by atoms with Gasteiger partial charge in [-0.15, -0.1) is 0 Å². The topological polar surface area (TPSA) is 177 Å². The minimum absolute atomic E-state index is 0.115. The summed E-state index contributed by atoms with van der Waals surface area (Å²) in [6, 6.07) is 10.1. The van der Waals surface area contributed by atoms with Crippen LogP contribution < -0.4 is 9.64 Å². The summed E-state index contributed by atoms with van der Waals surface area (Å²) in [5.41, 5.74) is -0.159. The van der Waals surface area contributed by atoms with E-state index >= 15 is 4.79 Å². The van der Waals surface area contributed by atoms with Gasteiger partial charge in [0.2, 0.25) is 5.60 Å². The van der Waals surface area contributed by atoms with Gasteiger partial charge in [-0.25, -0.2) is 9.59 Å². The van der Waals surface area contributed by atoms with Crippen molar-refractivity contribution in [2.24, 2.45) is 11.3 Å². The average Bonchev–Trinajstić information content (AvgIpc) is 4.14. The third kappa shape index (κ3) is 6.39. The predicted octanol–water partition coefficient (Wildman–Crippen LogP) is 4.78. The molecule has 2 bridgehead atoms. The third-order valence-corrected chi connectivity index (χ3v) is 17.6. The number of aromatic nitrogens is 1. The molecule has 6 aliphatic heterocycles. The molecule has 7 heterocycles. The summed E-state index contributed by atoms with van der Waals surface area (Å²) in [7, 11) is 7.47. The second kappa shape index (κ2) is 16.7. The fraction of sp³-hybridized carbons (Fsp3) is 0.566. The number of hydrogen-bond donors (Lipinski definition) is 2. The molecule has 2 aromatic carbocycles. The standard InChI is InChI=1S/C53H66N5O11/c1-9-32-23-33-26-52(48(62)67-7,43-35(34-15-11-12-16-38(34)54-43)29-58(27-32,28-33)30-42(60)57-21-13-17-39(57)44(61)66-6)37-24-36-40(25-41(37)65-5)55(4)46-51(36)19-22-56-20-14-18-50(10-2,45(51)56)47(69-31(3)59)53(46,64)49(63)68-8/h11-12,14-16,18,24-25,27,33,39,45-47,54,64H,9-10,13,17,19-23,26,28-30H2,1-8H3/q+1/t33?,39-,45-,46?,47+,50+,51+,52-,53-,58?/m0/s1. The highest BCUT2D eigenvalue weighted by atomic mass is 16.6. The quantitative estimate of drug-likeness (QED) is 0.123. The molecule has 0 radical (unpaired) electrons. The average molecular weight is 949 g/mol. The Kier molecular flexibility index (Phi) is 11.4. The first kappa shape index (κ1) is 47.0. The van der Waals surface area contributed by atoms with Gasteiger partial charge >= 0.3 is 23.9 Å². The molecule has 3 aromatic rings. The number of benzene rings is 2. The fourth-order valence-corrected chi connectivity index (χ4v) is 15.3. The van der Waals surface area contributed by atoms with Crippen molar-refractivity contribution in [3.63, 3.8) is 0 Å².